The molecule has 0 aliphatic heterocycles. The molecule has 0 unspecified atom stereocenters. The Labute approximate surface area is 168 Å². The zero-order valence-electron chi connectivity index (χ0n) is 16.3. The zero-order chi connectivity index (χ0) is 19.7. The van der Waals surface area contributed by atoms with E-state index in [0.717, 1.165) is 32.7 Å². The molecular weight excluding hydrogens is 364 g/mol. The molecule has 0 bridgehead atoms. The molecule has 0 saturated heterocycles. The Morgan fingerprint density at radius 1 is 0.929 bits per heavy atom. The third kappa shape index (κ3) is 3.43. The van der Waals surface area contributed by atoms with Crippen molar-refractivity contribution in [3.05, 3.63) is 88.2 Å². The Kier molecular flexibility index (Phi) is 4.97. The zero-order valence-corrected chi connectivity index (χ0v) is 17.1. The minimum absolute atomic E-state index is 0.207. The van der Waals surface area contributed by atoms with Gasteiger partial charge in [0.15, 0.2) is 4.80 Å². The molecule has 4 rings (SSSR count). The van der Waals surface area contributed by atoms with E-state index < -0.39 is 0 Å². The van der Waals surface area contributed by atoms with Crippen LogP contribution in [-0.4, -0.2) is 10.5 Å². The van der Waals surface area contributed by atoms with E-state index in [9.17, 15) is 4.79 Å². The Balaban J connectivity index is 1.72. The number of aryl methyl sites for hydroxylation is 3. The highest BCUT2D eigenvalue weighted by Crippen LogP contribution is 2.22. The maximum absolute atomic E-state index is 12.8. The molecule has 0 saturated carbocycles. The fourth-order valence-corrected chi connectivity index (χ4v) is 4.47. The number of carbonyl (C=O) groups is 1. The van der Waals surface area contributed by atoms with Crippen LogP contribution >= 0.6 is 11.3 Å². The summed E-state index contributed by atoms with van der Waals surface area (Å²) in [7, 11) is 0. The summed E-state index contributed by atoms with van der Waals surface area (Å²) in [6.07, 6.45) is 0. The third-order valence-corrected chi connectivity index (χ3v) is 6.09. The summed E-state index contributed by atoms with van der Waals surface area (Å²) in [4.78, 5) is 18.0. The number of fused-ring (bicyclic) bond motifs is 1. The summed E-state index contributed by atoms with van der Waals surface area (Å²) < 4.78 is 3.28. The van der Waals surface area contributed by atoms with E-state index in [1.165, 1.54) is 11.1 Å². The van der Waals surface area contributed by atoms with Gasteiger partial charge in [0, 0.05) is 12.1 Å². The predicted octanol–water partition coefficient (Wildman–Crippen LogP) is 5.75. The first-order chi connectivity index (χ1) is 13.6. The molecule has 0 radical (unpaired) electrons. The molecule has 0 aliphatic rings. The van der Waals surface area contributed by atoms with Crippen molar-refractivity contribution in [2.24, 2.45) is 4.99 Å². The van der Waals surface area contributed by atoms with Crippen molar-refractivity contribution >= 4 is 27.5 Å². The lowest BCUT2D eigenvalue weighted by molar-refractivity contribution is 0.0998. The van der Waals surface area contributed by atoms with Gasteiger partial charge in [0.05, 0.1) is 10.2 Å². The van der Waals surface area contributed by atoms with Gasteiger partial charge in [0.1, 0.15) is 0 Å². The van der Waals surface area contributed by atoms with Crippen molar-refractivity contribution in [3.8, 4) is 11.1 Å². The van der Waals surface area contributed by atoms with Crippen LogP contribution in [0.1, 0.15) is 28.4 Å². The molecule has 1 amide bonds. The number of amides is 1. The molecular formula is C24H22N2OS. The van der Waals surface area contributed by atoms with E-state index in [1.807, 2.05) is 42.5 Å². The van der Waals surface area contributed by atoms with Crippen LogP contribution in [0.5, 0.6) is 0 Å². The fourth-order valence-electron chi connectivity index (χ4n) is 3.30. The van der Waals surface area contributed by atoms with Crippen LogP contribution < -0.4 is 4.80 Å². The molecule has 28 heavy (non-hydrogen) atoms. The summed E-state index contributed by atoms with van der Waals surface area (Å²) >= 11 is 1.57. The monoisotopic (exact) mass is 386 g/mol. The van der Waals surface area contributed by atoms with E-state index in [2.05, 4.69) is 54.6 Å². The van der Waals surface area contributed by atoms with Crippen molar-refractivity contribution in [1.29, 1.82) is 0 Å². The van der Waals surface area contributed by atoms with Gasteiger partial charge in [-0.15, -0.1) is 0 Å². The number of thiazole rings is 1. The molecule has 3 nitrogen and oxygen atoms in total. The number of nitrogens with zero attached hydrogens (tertiary/aromatic N) is 2. The molecule has 4 aromatic rings. The molecule has 0 aliphatic carbocycles. The lowest BCUT2D eigenvalue weighted by atomic mass is 10.0. The summed E-state index contributed by atoms with van der Waals surface area (Å²) in [5.41, 5.74) is 6.48. The summed E-state index contributed by atoms with van der Waals surface area (Å²) in [6.45, 7) is 7.09. The van der Waals surface area contributed by atoms with Crippen LogP contribution in [-0.2, 0) is 6.54 Å². The molecule has 3 aromatic carbocycles. The number of carbonyl (C=O) groups excluding carboxylic acids is 1. The average Bonchev–Trinajstić information content (AvgIpc) is 3.04. The second kappa shape index (κ2) is 7.56. The van der Waals surface area contributed by atoms with Gasteiger partial charge in [-0.05, 0) is 67.3 Å². The van der Waals surface area contributed by atoms with Gasteiger partial charge < -0.3 is 4.57 Å². The molecule has 4 heteroatoms. The van der Waals surface area contributed by atoms with Gasteiger partial charge in [-0.25, -0.2) is 0 Å². The van der Waals surface area contributed by atoms with E-state index in [0.29, 0.717) is 5.56 Å². The van der Waals surface area contributed by atoms with Crippen molar-refractivity contribution in [2.45, 2.75) is 27.3 Å². The summed E-state index contributed by atoms with van der Waals surface area (Å²) in [5, 5.41) is 0. The van der Waals surface area contributed by atoms with Gasteiger partial charge in [-0.1, -0.05) is 53.8 Å². The molecule has 0 N–H and O–H groups in total. The van der Waals surface area contributed by atoms with Gasteiger partial charge in [0.25, 0.3) is 5.91 Å². The first-order valence-corrected chi connectivity index (χ1v) is 10.2. The van der Waals surface area contributed by atoms with E-state index in [1.54, 1.807) is 11.3 Å². The lowest BCUT2D eigenvalue weighted by Gasteiger charge is -2.04. The van der Waals surface area contributed by atoms with Crippen molar-refractivity contribution < 1.29 is 4.79 Å². The molecule has 1 heterocycles. The Bertz CT molecular complexity index is 1220. The van der Waals surface area contributed by atoms with E-state index in [-0.39, 0.29) is 5.91 Å². The lowest BCUT2D eigenvalue weighted by Crippen LogP contribution is -2.15. The number of rotatable bonds is 3. The quantitative estimate of drug-likeness (QED) is 0.441. The largest absolute Gasteiger partial charge is 0.317 e. The highest BCUT2D eigenvalue weighted by molar-refractivity contribution is 7.16. The first-order valence-electron chi connectivity index (χ1n) is 9.42. The standard InChI is InChI=1S/C24H22N2OS/c1-4-26-21-14-16(2)17(3)15-22(21)28-24(26)25-23(27)20-12-10-19(11-13-20)18-8-6-5-7-9-18/h5-15H,4H2,1-3H3. The Morgan fingerprint density at radius 3 is 2.25 bits per heavy atom. The highest BCUT2D eigenvalue weighted by atomic mass is 32.1. The van der Waals surface area contributed by atoms with Gasteiger partial charge in [-0.3, -0.25) is 4.79 Å². The first kappa shape index (κ1) is 18.4. The molecule has 0 spiro atoms. The van der Waals surface area contributed by atoms with Crippen LogP contribution in [0.2, 0.25) is 0 Å². The highest BCUT2D eigenvalue weighted by Gasteiger charge is 2.10. The minimum Gasteiger partial charge on any atom is -0.317 e. The number of benzene rings is 3. The molecule has 0 fully saturated rings. The third-order valence-electron chi connectivity index (χ3n) is 5.05. The van der Waals surface area contributed by atoms with Crippen molar-refractivity contribution in [3.63, 3.8) is 0 Å². The van der Waals surface area contributed by atoms with Gasteiger partial charge in [-0.2, -0.15) is 4.99 Å². The number of hydrogen-bond acceptors (Lipinski definition) is 2. The van der Waals surface area contributed by atoms with Crippen LogP contribution in [0.15, 0.2) is 71.7 Å². The average molecular weight is 387 g/mol. The van der Waals surface area contributed by atoms with Gasteiger partial charge >= 0.3 is 0 Å². The normalized spacial score (nSPS) is 11.9. The molecule has 1 aromatic heterocycles. The fraction of sp³-hybridized carbons (Fsp3) is 0.167. The smallest absolute Gasteiger partial charge is 0.279 e. The molecule has 0 atom stereocenters. The van der Waals surface area contributed by atoms with E-state index >= 15 is 0 Å². The van der Waals surface area contributed by atoms with Crippen molar-refractivity contribution in [1.82, 2.24) is 4.57 Å². The predicted molar refractivity (Wildman–Crippen MR) is 117 cm³/mol. The number of aromatic nitrogens is 1. The Hall–Kier alpha value is -2.98. The van der Waals surface area contributed by atoms with Crippen molar-refractivity contribution in [2.75, 3.05) is 0 Å². The number of hydrogen-bond donors (Lipinski definition) is 0. The summed E-state index contributed by atoms with van der Waals surface area (Å²) in [5.74, 6) is -0.207. The minimum atomic E-state index is -0.207. The van der Waals surface area contributed by atoms with Crippen LogP contribution in [0.25, 0.3) is 21.3 Å². The summed E-state index contributed by atoms with van der Waals surface area (Å²) in [6, 6.07) is 22.2. The van der Waals surface area contributed by atoms with Crippen LogP contribution in [0.4, 0.5) is 0 Å². The second-order valence-electron chi connectivity index (χ2n) is 6.89. The topological polar surface area (TPSA) is 34.4 Å². The molecule has 140 valence electrons. The van der Waals surface area contributed by atoms with Crippen LogP contribution in [0, 0.1) is 13.8 Å². The second-order valence-corrected chi connectivity index (χ2v) is 7.90. The maximum Gasteiger partial charge on any atom is 0.279 e. The van der Waals surface area contributed by atoms with Gasteiger partial charge in [0.2, 0.25) is 0 Å². The maximum atomic E-state index is 12.8. The van der Waals surface area contributed by atoms with E-state index in [4.69, 9.17) is 0 Å². The van der Waals surface area contributed by atoms with Crippen LogP contribution in [0.3, 0.4) is 0 Å². The SMILES string of the molecule is CCn1c(=NC(=O)c2ccc(-c3ccccc3)cc2)sc2cc(C)c(C)cc21. The Morgan fingerprint density at radius 2 is 1.57 bits per heavy atom.